The molecule has 1 aromatic carbocycles. The molecule has 1 nitrogen and oxygen atoms in total. The van der Waals surface area contributed by atoms with Crippen LogP contribution in [0.3, 0.4) is 0 Å². The summed E-state index contributed by atoms with van der Waals surface area (Å²) in [5, 5.41) is 4.08. The Balaban J connectivity index is 2.46. The van der Waals surface area contributed by atoms with E-state index in [2.05, 4.69) is 30.7 Å². The van der Waals surface area contributed by atoms with Crippen LogP contribution in [0, 0.1) is 13.8 Å². The summed E-state index contributed by atoms with van der Waals surface area (Å²) in [6.07, 6.45) is 0. The molecule has 1 atom stereocenters. The van der Waals surface area contributed by atoms with Gasteiger partial charge in [0, 0.05) is 5.56 Å². The zero-order chi connectivity index (χ0) is 12.4. The number of methoxy groups -OCH3 is 1. The second kappa shape index (κ2) is 5.11. The molecule has 0 bridgehead atoms. The number of thiophene rings is 1. The van der Waals surface area contributed by atoms with Gasteiger partial charge in [0.05, 0.1) is 12.5 Å². The fourth-order valence-electron chi connectivity index (χ4n) is 1.85. The van der Waals surface area contributed by atoms with Crippen LogP contribution in [0.5, 0.6) is 5.75 Å². The molecule has 2 aromatic rings. The molecule has 0 aliphatic carbocycles. The minimum Gasteiger partial charge on any atom is -0.496 e. The third kappa shape index (κ3) is 2.48. The van der Waals surface area contributed by atoms with Gasteiger partial charge < -0.3 is 4.74 Å². The SMILES string of the molecule is COc1ccc(C)cc1C(Cl)c1cscc1C. The lowest BCUT2D eigenvalue weighted by atomic mass is 10.0. The maximum Gasteiger partial charge on any atom is 0.123 e. The molecule has 90 valence electrons. The minimum absolute atomic E-state index is 0.143. The van der Waals surface area contributed by atoms with Gasteiger partial charge in [-0.15, -0.1) is 11.6 Å². The first-order valence-corrected chi connectivity index (χ1v) is 6.82. The van der Waals surface area contributed by atoms with Gasteiger partial charge in [-0.2, -0.15) is 11.3 Å². The average molecular weight is 267 g/mol. The summed E-state index contributed by atoms with van der Waals surface area (Å²) in [6.45, 7) is 4.15. The van der Waals surface area contributed by atoms with Crippen molar-refractivity contribution in [1.82, 2.24) is 0 Å². The summed E-state index contributed by atoms with van der Waals surface area (Å²) in [5.74, 6) is 0.848. The van der Waals surface area contributed by atoms with E-state index in [1.54, 1.807) is 18.4 Å². The number of rotatable bonds is 3. The van der Waals surface area contributed by atoms with Crippen molar-refractivity contribution in [3.63, 3.8) is 0 Å². The van der Waals surface area contributed by atoms with Crippen molar-refractivity contribution in [2.24, 2.45) is 0 Å². The predicted molar refractivity (Wildman–Crippen MR) is 74.5 cm³/mol. The van der Waals surface area contributed by atoms with Crippen LogP contribution in [0.2, 0.25) is 0 Å². The van der Waals surface area contributed by atoms with Crippen molar-refractivity contribution >= 4 is 22.9 Å². The number of benzene rings is 1. The molecule has 0 aliphatic heterocycles. The van der Waals surface area contributed by atoms with Gasteiger partial charge in [0.15, 0.2) is 0 Å². The number of halogens is 1. The van der Waals surface area contributed by atoms with Gasteiger partial charge >= 0.3 is 0 Å². The van der Waals surface area contributed by atoms with Crippen molar-refractivity contribution < 1.29 is 4.74 Å². The third-order valence-corrected chi connectivity index (χ3v) is 4.18. The number of alkyl halides is 1. The number of ether oxygens (including phenoxy) is 1. The van der Waals surface area contributed by atoms with Gasteiger partial charge in [-0.3, -0.25) is 0 Å². The zero-order valence-electron chi connectivity index (χ0n) is 10.2. The van der Waals surface area contributed by atoms with Crippen LogP contribution in [-0.2, 0) is 0 Å². The van der Waals surface area contributed by atoms with Gasteiger partial charge in [0.1, 0.15) is 5.75 Å². The standard InChI is InChI=1S/C14H15ClOS/c1-9-4-5-13(16-3)11(6-9)14(15)12-8-17-7-10(12)2/h4-8,14H,1-3H3. The highest BCUT2D eigenvalue weighted by Gasteiger charge is 2.18. The highest BCUT2D eigenvalue weighted by atomic mass is 35.5. The number of aryl methyl sites for hydroxylation is 2. The molecule has 1 aromatic heterocycles. The molecule has 0 aliphatic rings. The molecule has 0 saturated heterocycles. The maximum atomic E-state index is 6.56. The quantitative estimate of drug-likeness (QED) is 0.732. The molecule has 0 amide bonds. The molecule has 17 heavy (non-hydrogen) atoms. The highest BCUT2D eigenvalue weighted by molar-refractivity contribution is 7.08. The Morgan fingerprint density at radius 2 is 1.94 bits per heavy atom. The van der Waals surface area contributed by atoms with E-state index in [0.717, 1.165) is 11.3 Å². The number of hydrogen-bond donors (Lipinski definition) is 0. The van der Waals surface area contributed by atoms with Crippen LogP contribution in [0.25, 0.3) is 0 Å². The van der Waals surface area contributed by atoms with Crippen molar-refractivity contribution in [2.75, 3.05) is 7.11 Å². The second-order valence-corrected chi connectivity index (χ2v) is 5.30. The van der Waals surface area contributed by atoms with Crippen LogP contribution < -0.4 is 4.74 Å². The van der Waals surface area contributed by atoms with Crippen molar-refractivity contribution in [3.05, 3.63) is 51.2 Å². The van der Waals surface area contributed by atoms with Crippen LogP contribution >= 0.6 is 22.9 Å². The number of hydrogen-bond acceptors (Lipinski definition) is 2. The Morgan fingerprint density at radius 3 is 2.53 bits per heavy atom. The molecule has 0 N–H and O–H groups in total. The van der Waals surface area contributed by atoms with Crippen LogP contribution in [-0.4, -0.2) is 7.11 Å². The first kappa shape index (κ1) is 12.5. The molecule has 2 rings (SSSR count). The Morgan fingerprint density at radius 1 is 1.18 bits per heavy atom. The van der Waals surface area contributed by atoms with E-state index in [-0.39, 0.29) is 5.38 Å². The van der Waals surface area contributed by atoms with Gasteiger partial charge in [0.25, 0.3) is 0 Å². The Bertz CT molecular complexity index is 519. The van der Waals surface area contributed by atoms with Gasteiger partial charge in [-0.25, -0.2) is 0 Å². The normalized spacial score (nSPS) is 12.5. The molecular formula is C14H15ClOS. The first-order chi connectivity index (χ1) is 8.13. The lowest BCUT2D eigenvalue weighted by molar-refractivity contribution is 0.410. The van der Waals surface area contributed by atoms with Crippen molar-refractivity contribution in [2.45, 2.75) is 19.2 Å². The monoisotopic (exact) mass is 266 g/mol. The summed E-state index contributed by atoms with van der Waals surface area (Å²) >= 11 is 8.24. The van der Waals surface area contributed by atoms with Crippen molar-refractivity contribution in [3.8, 4) is 5.75 Å². The summed E-state index contributed by atoms with van der Waals surface area (Å²) in [5.41, 5.74) is 4.63. The topological polar surface area (TPSA) is 9.23 Å². The molecule has 0 fully saturated rings. The van der Waals surface area contributed by atoms with E-state index < -0.39 is 0 Å². The maximum absolute atomic E-state index is 6.56. The fraction of sp³-hybridized carbons (Fsp3) is 0.286. The van der Waals surface area contributed by atoms with Gasteiger partial charge in [0.2, 0.25) is 0 Å². The van der Waals surface area contributed by atoms with Gasteiger partial charge in [-0.1, -0.05) is 17.7 Å². The van der Waals surface area contributed by atoms with Crippen LogP contribution in [0.4, 0.5) is 0 Å². The summed E-state index contributed by atoms with van der Waals surface area (Å²) in [6, 6.07) is 6.10. The molecule has 0 saturated carbocycles. The second-order valence-electron chi connectivity index (χ2n) is 4.12. The molecule has 0 spiro atoms. The molecule has 1 unspecified atom stereocenters. The van der Waals surface area contributed by atoms with E-state index in [9.17, 15) is 0 Å². The molecule has 1 heterocycles. The highest BCUT2D eigenvalue weighted by Crippen LogP contribution is 2.38. The first-order valence-electron chi connectivity index (χ1n) is 5.44. The largest absolute Gasteiger partial charge is 0.496 e. The lowest BCUT2D eigenvalue weighted by Gasteiger charge is -2.15. The fourth-order valence-corrected chi connectivity index (χ4v) is 3.21. The van der Waals surface area contributed by atoms with E-state index in [4.69, 9.17) is 16.3 Å². The Labute approximate surface area is 111 Å². The van der Waals surface area contributed by atoms with E-state index >= 15 is 0 Å². The minimum atomic E-state index is -0.143. The predicted octanol–water partition coefficient (Wildman–Crippen LogP) is 4.70. The van der Waals surface area contributed by atoms with Crippen molar-refractivity contribution in [1.29, 1.82) is 0 Å². The summed E-state index contributed by atoms with van der Waals surface area (Å²) in [7, 11) is 1.68. The smallest absolute Gasteiger partial charge is 0.123 e. The summed E-state index contributed by atoms with van der Waals surface area (Å²) < 4.78 is 5.38. The average Bonchev–Trinajstić information content (AvgIpc) is 2.74. The molecular weight excluding hydrogens is 252 g/mol. The zero-order valence-corrected chi connectivity index (χ0v) is 11.7. The molecule has 3 heteroatoms. The Hall–Kier alpha value is -0.990. The van der Waals surface area contributed by atoms with Gasteiger partial charge in [-0.05, 0) is 41.8 Å². The van der Waals surface area contributed by atoms with Crippen LogP contribution in [0.15, 0.2) is 29.0 Å². The van der Waals surface area contributed by atoms with E-state index in [1.807, 2.05) is 12.1 Å². The molecule has 0 radical (unpaired) electrons. The summed E-state index contributed by atoms with van der Waals surface area (Å²) in [4.78, 5) is 0. The Kier molecular flexibility index (Phi) is 3.75. The lowest BCUT2D eigenvalue weighted by Crippen LogP contribution is -1.98. The third-order valence-electron chi connectivity index (χ3n) is 2.83. The van der Waals surface area contributed by atoms with Crippen LogP contribution in [0.1, 0.15) is 27.6 Å². The van der Waals surface area contributed by atoms with E-state index in [1.165, 1.54) is 16.7 Å². The van der Waals surface area contributed by atoms with E-state index in [0.29, 0.717) is 0 Å².